The number of aromatic nitrogens is 2. The van der Waals surface area contributed by atoms with Crippen LogP contribution >= 0.6 is 8.53 Å². The number of aryl methyl sites for hydroxylation is 1. The fourth-order valence-corrected chi connectivity index (χ4v) is 6.70. The maximum atomic E-state index is 12.6. The highest BCUT2D eigenvalue weighted by Gasteiger charge is 2.42. The van der Waals surface area contributed by atoms with Gasteiger partial charge in [-0.15, -0.1) is 0 Å². The van der Waals surface area contributed by atoms with Gasteiger partial charge in [0.2, 0.25) is 0 Å². The van der Waals surface area contributed by atoms with Gasteiger partial charge in [0.25, 0.3) is 14.1 Å². The van der Waals surface area contributed by atoms with Gasteiger partial charge in [-0.1, -0.05) is 6.42 Å². The minimum absolute atomic E-state index is 0.0385. The molecule has 13 nitrogen and oxygen atoms in total. The van der Waals surface area contributed by atoms with Crippen LogP contribution in [0, 0.1) is 18.3 Å². The van der Waals surface area contributed by atoms with Gasteiger partial charge in [0.1, 0.15) is 25.0 Å². The predicted octanol–water partition coefficient (Wildman–Crippen LogP) is 3.21. The molecule has 228 valence electrons. The molecular weight excluding hydrogens is 555 g/mol. The lowest BCUT2D eigenvalue weighted by Crippen LogP contribution is -2.37. The molecule has 1 saturated heterocycles. The molecular formula is C27H41N4O9P. The van der Waals surface area contributed by atoms with Crippen molar-refractivity contribution in [3.63, 3.8) is 0 Å². The molecule has 1 aromatic heterocycles. The Kier molecular flexibility index (Phi) is 12.5. The number of nitrogens with zero attached hydrogens (tertiary/aromatic N) is 3. The lowest BCUT2D eigenvalue weighted by Gasteiger charge is -2.37. The average Bonchev–Trinajstić information content (AvgIpc) is 3.31. The summed E-state index contributed by atoms with van der Waals surface area (Å²) < 4.78 is 32.5. The number of aromatic amines is 1. The second kappa shape index (κ2) is 15.6. The molecule has 4 atom stereocenters. The third-order valence-corrected chi connectivity index (χ3v) is 9.05. The van der Waals surface area contributed by atoms with Crippen molar-refractivity contribution in [1.82, 2.24) is 14.2 Å². The monoisotopic (exact) mass is 596 g/mol. The first kappa shape index (κ1) is 32.9. The zero-order chi connectivity index (χ0) is 30.1. The lowest BCUT2D eigenvalue weighted by molar-refractivity contribution is -0.174. The SMILES string of the molecule is Cc1cn([C@H]2CC(OP(OCCC#N)N(C(C)C)C(C)C)[C@@H](COC(=O)C(=O)OC3CCCCC3)O2)c(=O)[nH]c1=O. The van der Waals surface area contributed by atoms with Crippen LogP contribution in [0.2, 0.25) is 0 Å². The zero-order valence-corrected chi connectivity index (χ0v) is 25.3. The summed E-state index contributed by atoms with van der Waals surface area (Å²) in [6.07, 6.45) is 3.42. The number of nitriles is 1. The molecule has 14 heteroatoms. The Morgan fingerprint density at radius 3 is 2.49 bits per heavy atom. The van der Waals surface area contributed by atoms with E-state index in [4.69, 9.17) is 28.5 Å². The quantitative estimate of drug-likeness (QED) is 0.163. The summed E-state index contributed by atoms with van der Waals surface area (Å²) in [4.78, 5) is 51.6. The van der Waals surface area contributed by atoms with Crippen molar-refractivity contribution in [1.29, 1.82) is 5.26 Å². The van der Waals surface area contributed by atoms with Crippen LogP contribution in [0.1, 0.15) is 84.4 Å². The van der Waals surface area contributed by atoms with Gasteiger partial charge in [0.05, 0.1) is 25.2 Å². The zero-order valence-electron chi connectivity index (χ0n) is 24.4. The van der Waals surface area contributed by atoms with E-state index >= 15 is 0 Å². The summed E-state index contributed by atoms with van der Waals surface area (Å²) in [5.74, 6) is -2.18. The summed E-state index contributed by atoms with van der Waals surface area (Å²) in [7, 11) is -1.68. The molecule has 0 radical (unpaired) electrons. The second-order valence-electron chi connectivity index (χ2n) is 10.8. The molecule has 41 heavy (non-hydrogen) atoms. The fraction of sp³-hybridized carbons (Fsp3) is 0.741. The van der Waals surface area contributed by atoms with Crippen LogP contribution < -0.4 is 11.2 Å². The molecule has 1 N–H and O–H groups in total. The third kappa shape index (κ3) is 9.18. The van der Waals surface area contributed by atoms with E-state index in [0.717, 1.165) is 19.3 Å². The summed E-state index contributed by atoms with van der Waals surface area (Å²) in [6, 6.07) is 2.14. The molecule has 0 aromatic carbocycles. The van der Waals surface area contributed by atoms with Gasteiger partial charge in [-0.05, 0) is 60.3 Å². The Labute approximate surface area is 241 Å². The van der Waals surface area contributed by atoms with Crippen LogP contribution in [0.25, 0.3) is 0 Å². The van der Waals surface area contributed by atoms with E-state index in [2.05, 4.69) is 11.1 Å². The number of esters is 2. The van der Waals surface area contributed by atoms with E-state index in [1.807, 2.05) is 32.4 Å². The van der Waals surface area contributed by atoms with Gasteiger partial charge in [0.15, 0.2) is 0 Å². The normalized spacial score (nSPS) is 22.2. The number of H-pyrrole nitrogens is 1. The van der Waals surface area contributed by atoms with Gasteiger partial charge in [0, 0.05) is 30.3 Å². The highest BCUT2D eigenvalue weighted by atomic mass is 31.2. The lowest BCUT2D eigenvalue weighted by atomic mass is 9.98. The Morgan fingerprint density at radius 2 is 1.85 bits per heavy atom. The molecule has 2 unspecified atom stereocenters. The van der Waals surface area contributed by atoms with Gasteiger partial charge >= 0.3 is 17.6 Å². The van der Waals surface area contributed by atoms with E-state index in [0.29, 0.717) is 18.4 Å². The molecule has 2 heterocycles. The van der Waals surface area contributed by atoms with Crippen LogP contribution in [-0.2, 0) is 32.8 Å². The van der Waals surface area contributed by atoms with E-state index < -0.39 is 50.1 Å². The number of rotatable bonds is 12. The van der Waals surface area contributed by atoms with Crippen molar-refractivity contribution in [2.75, 3.05) is 13.2 Å². The first-order valence-electron chi connectivity index (χ1n) is 14.1. The summed E-state index contributed by atoms with van der Waals surface area (Å²) in [5, 5.41) is 9.02. The topological polar surface area (TPSA) is 162 Å². The highest BCUT2D eigenvalue weighted by molar-refractivity contribution is 7.44. The minimum Gasteiger partial charge on any atom is -0.454 e. The van der Waals surface area contributed by atoms with Crippen LogP contribution in [-0.4, -0.2) is 69.8 Å². The first-order chi connectivity index (χ1) is 19.5. The van der Waals surface area contributed by atoms with Crippen molar-refractivity contribution >= 4 is 20.5 Å². The summed E-state index contributed by atoms with van der Waals surface area (Å²) in [6.45, 7) is 9.39. The molecule has 2 aliphatic rings. The Balaban J connectivity index is 1.79. The van der Waals surface area contributed by atoms with Crippen molar-refractivity contribution in [2.24, 2.45) is 0 Å². The maximum absolute atomic E-state index is 12.6. The average molecular weight is 597 g/mol. The van der Waals surface area contributed by atoms with Gasteiger partial charge in [-0.2, -0.15) is 5.26 Å². The van der Waals surface area contributed by atoms with E-state index in [1.54, 1.807) is 6.92 Å². The van der Waals surface area contributed by atoms with E-state index in [9.17, 15) is 19.2 Å². The maximum Gasteiger partial charge on any atom is 0.417 e. The molecule has 0 bridgehead atoms. The Hall–Kier alpha value is -2.62. The van der Waals surface area contributed by atoms with Gasteiger partial charge in [-0.3, -0.25) is 14.3 Å². The van der Waals surface area contributed by atoms with Crippen LogP contribution in [0.5, 0.6) is 0 Å². The largest absolute Gasteiger partial charge is 0.454 e. The minimum atomic E-state index is -1.68. The number of nitrogens with one attached hydrogen (secondary N) is 1. The van der Waals surface area contributed by atoms with Crippen LogP contribution in [0.3, 0.4) is 0 Å². The molecule has 3 rings (SSSR count). The standard InChI is InChI=1S/C27H41N4O9P/c1-17(2)31(18(3)4)41(37-13-9-12-28)40-21-14-23(30-15-19(5)24(32)29-27(30)35)39-22(21)16-36-25(33)26(34)38-20-10-7-6-8-11-20/h15,17-18,20-23H,6-11,13-14,16H2,1-5H3,(H,29,32,35)/t21?,22-,23-,41?/m1/s1. The van der Waals surface area contributed by atoms with Crippen LogP contribution in [0.15, 0.2) is 15.8 Å². The first-order valence-corrected chi connectivity index (χ1v) is 15.2. The van der Waals surface area contributed by atoms with E-state index in [-0.39, 0.29) is 44.2 Å². The number of hydrogen-bond acceptors (Lipinski definition) is 11. The summed E-state index contributed by atoms with van der Waals surface area (Å²) >= 11 is 0. The molecule has 1 saturated carbocycles. The number of hydrogen-bond donors (Lipinski definition) is 1. The second-order valence-corrected chi connectivity index (χ2v) is 12.2. The molecule has 1 aliphatic carbocycles. The molecule has 0 amide bonds. The van der Waals surface area contributed by atoms with Crippen molar-refractivity contribution in [2.45, 2.75) is 116 Å². The van der Waals surface area contributed by atoms with Gasteiger partial charge in [-0.25, -0.2) is 19.1 Å². The van der Waals surface area contributed by atoms with Crippen molar-refractivity contribution in [3.8, 4) is 6.07 Å². The fourth-order valence-electron chi connectivity index (χ4n) is 4.94. The van der Waals surface area contributed by atoms with Crippen molar-refractivity contribution in [3.05, 3.63) is 32.6 Å². The number of ether oxygens (including phenoxy) is 3. The van der Waals surface area contributed by atoms with Gasteiger partial charge < -0.3 is 23.3 Å². The Bertz CT molecular complexity index is 1180. The highest BCUT2D eigenvalue weighted by Crippen LogP contribution is 2.49. The molecule has 1 aromatic rings. The van der Waals surface area contributed by atoms with Crippen LogP contribution in [0.4, 0.5) is 0 Å². The molecule has 2 fully saturated rings. The van der Waals surface area contributed by atoms with Crippen molar-refractivity contribution < 1.29 is 32.8 Å². The predicted molar refractivity (Wildman–Crippen MR) is 149 cm³/mol. The summed E-state index contributed by atoms with van der Waals surface area (Å²) in [5.41, 5.74) is -0.839. The smallest absolute Gasteiger partial charge is 0.417 e. The third-order valence-electron chi connectivity index (χ3n) is 6.90. The molecule has 1 aliphatic heterocycles. The number of carbonyl (C=O) groups excluding carboxylic acids is 2. The van der Waals surface area contributed by atoms with E-state index in [1.165, 1.54) is 10.8 Å². The number of carbonyl (C=O) groups is 2. The molecule has 0 spiro atoms. The Morgan fingerprint density at radius 1 is 1.17 bits per heavy atom.